The van der Waals surface area contributed by atoms with Crippen LogP contribution in [0.2, 0.25) is 0 Å². The van der Waals surface area contributed by atoms with E-state index in [2.05, 4.69) is 34.2 Å². The van der Waals surface area contributed by atoms with Crippen LogP contribution in [0.15, 0.2) is 12.4 Å². The molecule has 4 heteroatoms. The van der Waals surface area contributed by atoms with Crippen LogP contribution in [0.25, 0.3) is 0 Å². The SMILES string of the molecule is CCNc1cnc(CN(C)CC2CC2)cn1. The average molecular weight is 220 g/mol. The molecule has 1 saturated carbocycles. The van der Waals surface area contributed by atoms with Gasteiger partial charge < -0.3 is 10.2 Å². The predicted octanol–water partition coefficient (Wildman–Crippen LogP) is 1.75. The van der Waals surface area contributed by atoms with Crippen molar-refractivity contribution in [2.75, 3.05) is 25.5 Å². The fourth-order valence-corrected chi connectivity index (χ4v) is 1.79. The minimum Gasteiger partial charge on any atom is -0.369 e. The third-order valence-electron chi connectivity index (χ3n) is 2.76. The molecule has 0 amide bonds. The lowest BCUT2D eigenvalue weighted by atomic mass is 10.3. The Labute approximate surface area is 97.1 Å². The highest BCUT2D eigenvalue weighted by atomic mass is 15.1. The summed E-state index contributed by atoms with van der Waals surface area (Å²) in [4.78, 5) is 11.0. The molecule has 1 heterocycles. The van der Waals surface area contributed by atoms with Crippen LogP contribution < -0.4 is 5.32 Å². The number of hydrogen-bond acceptors (Lipinski definition) is 4. The van der Waals surface area contributed by atoms with E-state index in [0.29, 0.717) is 0 Å². The summed E-state index contributed by atoms with van der Waals surface area (Å²) in [5.41, 5.74) is 1.05. The highest BCUT2D eigenvalue weighted by molar-refractivity contribution is 5.30. The molecule has 2 rings (SSSR count). The molecule has 1 aliphatic rings. The minimum absolute atomic E-state index is 0.857. The zero-order valence-corrected chi connectivity index (χ0v) is 10.1. The van der Waals surface area contributed by atoms with Gasteiger partial charge in [-0.3, -0.25) is 4.98 Å². The van der Waals surface area contributed by atoms with Crippen molar-refractivity contribution >= 4 is 5.82 Å². The lowest BCUT2D eigenvalue weighted by molar-refractivity contribution is 0.309. The molecule has 4 nitrogen and oxygen atoms in total. The van der Waals surface area contributed by atoms with Gasteiger partial charge in [0, 0.05) is 19.6 Å². The Hall–Kier alpha value is -1.16. The van der Waals surface area contributed by atoms with Gasteiger partial charge in [0.1, 0.15) is 5.82 Å². The molecule has 0 atom stereocenters. The third-order valence-corrected chi connectivity index (χ3v) is 2.76. The van der Waals surface area contributed by atoms with Gasteiger partial charge in [0.15, 0.2) is 0 Å². The van der Waals surface area contributed by atoms with Gasteiger partial charge in [0.05, 0.1) is 18.1 Å². The molecule has 0 saturated heterocycles. The van der Waals surface area contributed by atoms with Crippen molar-refractivity contribution in [2.24, 2.45) is 5.92 Å². The zero-order chi connectivity index (χ0) is 11.4. The molecule has 0 radical (unpaired) electrons. The Bertz CT molecular complexity index is 318. The van der Waals surface area contributed by atoms with E-state index in [4.69, 9.17) is 0 Å². The lowest BCUT2D eigenvalue weighted by Crippen LogP contribution is -2.21. The maximum Gasteiger partial charge on any atom is 0.144 e. The van der Waals surface area contributed by atoms with E-state index in [-0.39, 0.29) is 0 Å². The van der Waals surface area contributed by atoms with Gasteiger partial charge in [0.2, 0.25) is 0 Å². The summed E-state index contributed by atoms with van der Waals surface area (Å²) >= 11 is 0. The first kappa shape index (κ1) is 11.3. The Balaban J connectivity index is 1.83. The van der Waals surface area contributed by atoms with Gasteiger partial charge in [-0.1, -0.05) is 0 Å². The molecular formula is C12H20N4. The number of nitrogens with zero attached hydrogens (tertiary/aromatic N) is 3. The van der Waals surface area contributed by atoms with Crippen LogP contribution in [0.1, 0.15) is 25.5 Å². The summed E-state index contributed by atoms with van der Waals surface area (Å²) in [5.74, 6) is 1.79. The first-order chi connectivity index (χ1) is 7.78. The molecular weight excluding hydrogens is 200 g/mol. The Kier molecular flexibility index (Phi) is 3.72. The van der Waals surface area contributed by atoms with Crippen molar-refractivity contribution < 1.29 is 0 Å². The molecule has 0 unspecified atom stereocenters. The number of rotatable bonds is 6. The second-order valence-corrected chi connectivity index (χ2v) is 4.56. The lowest BCUT2D eigenvalue weighted by Gasteiger charge is -2.15. The highest BCUT2D eigenvalue weighted by Crippen LogP contribution is 2.29. The minimum atomic E-state index is 0.857. The number of anilines is 1. The van der Waals surface area contributed by atoms with Gasteiger partial charge >= 0.3 is 0 Å². The zero-order valence-electron chi connectivity index (χ0n) is 10.1. The quantitative estimate of drug-likeness (QED) is 0.793. The summed E-state index contributed by atoms with van der Waals surface area (Å²) in [6.45, 7) is 5.03. The van der Waals surface area contributed by atoms with E-state index in [1.165, 1.54) is 19.4 Å². The van der Waals surface area contributed by atoms with Crippen molar-refractivity contribution in [1.82, 2.24) is 14.9 Å². The number of nitrogens with one attached hydrogen (secondary N) is 1. The fraction of sp³-hybridized carbons (Fsp3) is 0.667. The molecule has 1 fully saturated rings. The summed E-state index contributed by atoms with van der Waals surface area (Å²) in [5, 5.41) is 3.14. The molecule has 1 N–H and O–H groups in total. The standard InChI is InChI=1S/C12H20N4/c1-3-13-12-7-14-11(6-15-12)9-16(2)8-10-4-5-10/h6-7,10H,3-5,8-9H2,1-2H3,(H,13,15). The Morgan fingerprint density at radius 2 is 2.19 bits per heavy atom. The van der Waals surface area contributed by atoms with Gasteiger partial charge in [-0.25, -0.2) is 4.98 Å². The topological polar surface area (TPSA) is 41.1 Å². The van der Waals surface area contributed by atoms with Crippen molar-refractivity contribution in [2.45, 2.75) is 26.3 Å². The van der Waals surface area contributed by atoms with Crippen molar-refractivity contribution in [1.29, 1.82) is 0 Å². The van der Waals surface area contributed by atoms with E-state index < -0.39 is 0 Å². The molecule has 0 aromatic carbocycles. The predicted molar refractivity (Wildman–Crippen MR) is 65.3 cm³/mol. The Morgan fingerprint density at radius 1 is 1.38 bits per heavy atom. The molecule has 1 aliphatic carbocycles. The number of aromatic nitrogens is 2. The summed E-state index contributed by atoms with van der Waals surface area (Å²) < 4.78 is 0. The van der Waals surface area contributed by atoms with E-state index >= 15 is 0 Å². The maximum atomic E-state index is 4.40. The van der Waals surface area contributed by atoms with Crippen molar-refractivity contribution in [3.63, 3.8) is 0 Å². The first-order valence-electron chi connectivity index (χ1n) is 6.01. The largest absolute Gasteiger partial charge is 0.369 e. The van der Waals surface area contributed by atoms with E-state index in [9.17, 15) is 0 Å². The Morgan fingerprint density at radius 3 is 2.75 bits per heavy atom. The van der Waals surface area contributed by atoms with Gasteiger partial charge in [-0.15, -0.1) is 0 Å². The second kappa shape index (κ2) is 5.25. The first-order valence-corrected chi connectivity index (χ1v) is 6.01. The van der Waals surface area contributed by atoms with Crippen LogP contribution in [0.3, 0.4) is 0 Å². The van der Waals surface area contributed by atoms with Crippen molar-refractivity contribution in [3.05, 3.63) is 18.1 Å². The van der Waals surface area contributed by atoms with E-state index in [1.54, 1.807) is 0 Å². The van der Waals surface area contributed by atoms with Crippen LogP contribution in [0, 0.1) is 5.92 Å². The van der Waals surface area contributed by atoms with Crippen molar-refractivity contribution in [3.8, 4) is 0 Å². The summed E-state index contributed by atoms with van der Waals surface area (Å²) in [6, 6.07) is 0. The van der Waals surface area contributed by atoms with Gasteiger partial charge in [0.25, 0.3) is 0 Å². The van der Waals surface area contributed by atoms with E-state index in [0.717, 1.165) is 30.5 Å². The summed E-state index contributed by atoms with van der Waals surface area (Å²) in [7, 11) is 2.15. The highest BCUT2D eigenvalue weighted by Gasteiger charge is 2.22. The fourth-order valence-electron chi connectivity index (χ4n) is 1.79. The molecule has 16 heavy (non-hydrogen) atoms. The van der Waals surface area contributed by atoms with Crippen LogP contribution in [0.5, 0.6) is 0 Å². The number of hydrogen-bond donors (Lipinski definition) is 1. The van der Waals surface area contributed by atoms with Gasteiger partial charge in [-0.05, 0) is 32.7 Å². The molecule has 88 valence electrons. The monoisotopic (exact) mass is 220 g/mol. The molecule has 1 aromatic rings. The molecule has 0 aliphatic heterocycles. The third kappa shape index (κ3) is 3.45. The second-order valence-electron chi connectivity index (χ2n) is 4.56. The van der Waals surface area contributed by atoms with Gasteiger partial charge in [-0.2, -0.15) is 0 Å². The molecule has 0 bridgehead atoms. The van der Waals surface area contributed by atoms with Crippen LogP contribution in [-0.4, -0.2) is 35.0 Å². The average Bonchev–Trinajstić information content (AvgIpc) is 3.05. The summed E-state index contributed by atoms with van der Waals surface area (Å²) in [6.07, 6.45) is 6.47. The molecule has 0 spiro atoms. The smallest absolute Gasteiger partial charge is 0.144 e. The molecule has 1 aromatic heterocycles. The normalized spacial score (nSPS) is 15.4. The van der Waals surface area contributed by atoms with Crippen LogP contribution in [0.4, 0.5) is 5.82 Å². The van der Waals surface area contributed by atoms with E-state index in [1.807, 2.05) is 12.4 Å². The maximum absolute atomic E-state index is 4.40. The van der Waals surface area contributed by atoms with Crippen LogP contribution >= 0.6 is 0 Å². The van der Waals surface area contributed by atoms with Crippen LogP contribution in [-0.2, 0) is 6.54 Å².